The molecule has 2 aromatic heterocycles. The third kappa shape index (κ3) is 4.08. The number of hydrogen-bond donors (Lipinski definition) is 2. The number of carbonyl (C=O) groups is 2. The molecule has 0 bridgehead atoms. The summed E-state index contributed by atoms with van der Waals surface area (Å²) in [6.45, 7) is 1.36. The van der Waals surface area contributed by atoms with Gasteiger partial charge in [0.05, 0.1) is 39.7 Å². The lowest BCUT2D eigenvalue weighted by atomic mass is 10.1. The first-order valence-corrected chi connectivity index (χ1v) is 10.5. The van der Waals surface area contributed by atoms with Gasteiger partial charge in [-0.1, -0.05) is 0 Å². The largest absolute Gasteiger partial charge is 0.449 e. The standard InChI is InChI=1S/C19H21F3N4O3S/c1-23-17(27)11-9-30-16-12(19(20,21)22)6-13(25-15(11)16)14-7-24-4-5-26(14)18(28)29-8-10-2-3-10/h6,9-10,14,24H,2-5,7-8H2,1H3,(H,23,27). The minimum absolute atomic E-state index is 0.0129. The van der Waals surface area contributed by atoms with Crippen molar-refractivity contribution in [2.24, 2.45) is 5.92 Å². The van der Waals surface area contributed by atoms with E-state index in [1.807, 2.05) is 0 Å². The van der Waals surface area contributed by atoms with E-state index in [-0.39, 0.29) is 28.0 Å². The van der Waals surface area contributed by atoms with Crippen molar-refractivity contribution < 1.29 is 27.5 Å². The number of ether oxygens (including phenoxy) is 1. The fourth-order valence-corrected chi connectivity index (χ4v) is 4.47. The molecular formula is C19H21F3N4O3S. The normalized spacial score (nSPS) is 19.7. The summed E-state index contributed by atoms with van der Waals surface area (Å²) in [5, 5.41) is 6.89. The molecule has 2 amide bonds. The molecule has 1 saturated heterocycles. The molecular weight excluding hydrogens is 421 g/mol. The van der Waals surface area contributed by atoms with Gasteiger partial charge in [-0.2, -0.15) is 13.2 Å². The van der Waals surface area contributed by atoms with Crippen molar-refractivity contribution in [3.63, 3.8) is 0 Å². The number of fused-ring (bicyclic) bond motifs is 1. The highest BCUT2D eigenvalue weighted by atomic mass is 32.1. The van der Waals surface area contributed by atoms with Gasteiger partial charge in [0, 0.05) is 32.1 Å². The van der Waals surface area contributed by atoms with Gasteiger partial charge in [0.2, 0.25) is 0 Å². The number of nitrogens with one attached hydrogen (secondary N) is 2. The number of hydrogen-bond acceptors (Lipinski definition) is 6. The fourth-order valence-electron chi connectivity index (χ4n) is 3.45. The lowest BCUT2D eigenvalue weighted by Crippen LogP contribution is -2.49. The van der Waals surface area contributed by atoms with E-state index in [1.165, 1.54) is 17.3 Å². The Morgan fingerprint density at radius 3 is 2.83 bits per heavy atom. The summed E-state index contributed by atoms with van der Waals surface area (Å²) in [5.41, 5.74) is -0.717. The van der Waals surface area contributed by atoms with Crippen LogP contribution in [0.25, 0.3) is 10.2 Å². The minimum Gasteiger partial charge on any atom is -0.449 e. The number of piperazine rings is 1. The first kappa shape index (κ1) is 20.9. The van der Waals surface area contributed by atoms with Gasteiger partial charge in [0.25, 0.3) is 5.91 Å². The first-order valence-electron chi connectivity index (χ1n) is 9.65. The quantitative estimate of drug-likeness (QED) is 0.760. The highest BCUT2D eigenvalue weighted by molar-refractivity contribution is 7.17. The zero-order valence-corrected chi connectivity index (χ0v) is 17.0. The van der Waals surface area contributed by atoms with E-state index in [4.69, 9.17) is 4.74 Å². The van der Waals surface area contributed by atoms with E-state index in [0.29, 0.717) is 25.6 Å². The molecule has 2 aliphatic rings. The number of pyridine rings is 1. The molecule has 2 aromatic rings. The second kappa shape index (κ2) is 8.03. The lowest BCUT2D eigenvalue weighted by molar-refractivity contribution is -0.136. The third-order valence-electron chi connectivity index (χ3n) is 5.28. The maximum Gasteiger partial charge on any atom is 0.417 e. The summed E-state index contributed by atoms with van der Waals surface area (Å²) in [6.07, 6.45) is -3.14. The van der Waals surface area contributed by atoms with Crippen LogP contribution >= 0.6 is 11.3 Å². The van der Waals surface area contributed by atoms with E-state index < -0.39 is 29.8 Å². The Labute approximate surface area is 174 Å². The van der Waals surface area contributed by atoms with Crippen LogP contribution in [0.5, 0.6) is 0 Å². The number of alkyl halides is 3. The van der Waals surface area contributed by atoms with Crippen molar-refractivity contribution in [1.82, 2.24) is 20.5 Å². The number of carbonyl (C=O) groups excluding carboxylic acids is 2. The van der Waals surface area contributed by atoms with E-state index in [2.05, 4.69) is 15.6 Å². The van der Waals surface area contributed by atoms with Crippen LogP contribution in [-0.4, -0.2) is 55.2 Å². The SMILES string of the molecule is CNC(=O)c1csc2c(C(F)(F)F)cc(C3CNCCN3C(=O)OCC3CC3)nc12. The Morgan fingerprint density at radius 1 is 1.40 bits per heavy atom. The van der Waals surface area contributed by atoms with Gasteiger partial charge in [0.1, 0.15) is 0 Å². The first-order chi connectivity index (χ1) is 14.3. The molecule has 0 spiro atoms. The predicted molar refractivity (Wildman–Crippen MR) is 104 cm³/mol. The molecule has 1 saturated carbocycles. The van der Waals surface area contributed by atoms with Crippen LogP contribution in [0.4, 0.5) is 18.0 Å². The second-order valence-corrected chi connectivity index (χ2v) is 8.31. The number of rotatable bonds is 4. The zero-order valence-electron chi connectivity index (χ0n) is 16.2. The van der Waals surface area contributed by atoms with Gasteiger partial charge in [-0.15, -0.1) is 11.3 Å². The minimum atomic E-state index is -4.62. The van der Waals surface area contributed by atoms with E-state index in [0.717, 1.165) is 30.2 Å². The average molecular weight is 442 g/mol. The maximum absolute atomic E-state index is 13.8. The van der Waals surface area contributed by atoms with Crippen molar-refractivity contribution in [2.45, 2.75) is 25.1 Å². The van der Waals surface area contributed by atoms with Gasteiger partial charge < -0.3 is 15.4 Å². The molecule has 1 unspecified atom stereocenters. The predicted octanol–water partition coefficient (Wildman–Crippen LogP) is 3.17. The van der Waals surface area contributed by atoms with Crippen LogP contribution in [0.3, 0.4) is 0 Å². The fraction of sp³-hybridized carbons (Fsp3) is 0.526. The second-order valence-electron chi connectivity index (χ2n) is 7.43. The van der Waals surface area contributed by atoms with Crippen molar-refractivity contribution in [1.29, 1.82) is 0 Å². The van der Waals surface area contributed by atoms with E-state index >= 15 is 0 Å². The van der Waals surface area contributed by atoms with E-state index in [9.17, 15) is 22.8 Å². The Bertz CT molecular complexity index is 974. The van der Waals surface area contributed by atoms with E-state index in [1.54, 1.807) is 0 Å². The summed E-state index contributed by atoms with van der Waals surface area (Å²) in [4.78, 5) is 30.6. The summed E-state index contributed by atoms with van der Waals surface area (Å²) in [6, 6.07) is 0.249. The van der Waals surface area contributed by atoms with Gasteiger partial charge in [-0.3, -0.25) is 9.69 Å². The number of thiophene rings is 1. The molecule has 1 aliphatic heterocycles. The number of amides is 2. The Morgan fingerprint density at radius 2 is 2.17 bits per heavy atom. The van der Waals surface area contributed by atoms with Crippen LogP contribution in [-0.2, 0) is 10.9 Å². The van der Waals surface area contributed by atoms with Gasteiger partial charge in [-0.05, 0) is 24.8 Å². The van der Waals surface area contributed by atoms with Crippen molar-refractivity contribution >= 4 is 33.6 Å². The lowest BCUT2D eigenvalue weighted by Gasteiger charge is -2.35. The van der Waals surface area contributed by atoms with Crippen molar-refractivity contribution in [3.05, 3.63) is 28.3 Å². The molecule has 1 atom stereocenters. The number of aromatic nitrogens is 1. The van der Waals surface area contributed by atoms with Crippen LogP contribution < -0.4 is 10.6 Å². The molecule has 7 nitrogen and oxygen atoms in total. The Hall–Kier alpha value is -2.40. The van der Waals surface area contributed by atoms with Crippen LogP contribution in [0.2, 0.25) is 0 Å². The number of nitrogens with zero attached hydrogens (tertiary/aromatic N) is 2. The van der Waals surface area contributed by atoms with Crippen LogP contribution in [0.1, 0.15) is 40.5 Å². The van der Waals surface area contributed by atoms with Gasteiger partial charge in [-0.25, -0.2) is 9.78 Å². The molecule has 162 valence electrons. The number of halogens is 3. The summed E-state index contributed by atoms with van der Waals surface area (Å²) in [5.74, 6) is -0.135. The summed E-state index contributed by atoms with van der Waals surface area (Å²) in [7, 11) is 1.41. The molecule has 0 radical (unpaired) electrons. The average Bonchev–Trinajstić information content (AvgIpc) is 3.47. The molecule has 2 N–H and O–H groups in total. The van der Waals surface area contributed by atoms with Gasteiger partial charge in [0.15, 0.2) is 0 Å². The molecule has 4 rings (SSSR count). The molecule has 11 heteroatoms. The molecule has 3 heterocycles. The monoisotopic (exact) mass is 442 g/mol. The summed E-state index contributed by atoms with van der Waals surface area (Å²) < 4.78 is 46.6. The molecule has 1 aliphatic carbocycles. The zero-order chi connectivity index (χ0) is 21.5. The van der Waals surface area contributed by atoms with Crippen LogP contribution in [0, 0.1) is 5.92 Å². The highest BCUT2D eigenvalue weighted by Gasteiger charge is 2.38. The summed E-state index contributed by atoms with van der Waals surface area (Å²) >= 11 is 0.828. The van der Waals surface area contributed by atoms with Crippen molar-refractivity contribution in [2.75, 3.05) is 33.3 Å². The topological polar surface area (TPSA) is 83.6 Å². The Balaban J connectivity index is 1.75. The van der Waals surface area contributed by atoms with Crippen LogP contribution in [0.15, 0.2) is 11.4 Å². The molecule has 30 heavy (non-hydrogen) atoms. The molecule has 2 fully saturated rings. The van der Waals surface area contributed by atoms with Gasteiger partial charge >= 0.3 is 12.3 Å². The van der Waals surface area contributed by atoms with Crippen molar-refractivity contribution in [3.8, 4) is 0 Å². The Kier molecular flexibility index (Phi) is 5.58. The smallest absolute Gasteiger partial charge is 0.417 e. The molecule has 0 aromatic carbocycles. The third-order valence-corrected chi connectivity index (χ3v) is 6.28. The highest BCUT2D eigenvalue weighted by Crippen LogP contribution is 2.40. The maximum atomic E-state index is 13.8.